The summed E-state index contributed by atoms with van der Waals surface area (Å²) in [4.78, 5) is 2.12. The van der Waals surface area contributed by atoms with Crippen LogP contribution in [0.2, 0.25) is 0 Å². The van der Waals surface area contributed by atoms with Crippen molar-refractivity contribution in [1.29, 1.82) is 0 Å². The van der Waals surface area contributed by atoms with Gasteiger partial charge in [-0.2, -0.15) is 0 Å². The average Bonchev–Trinajstić information content (AvgIpc) is 2.37. The van der Waals surface area contributed by atoms with Crippen molar-refractivity contribution in [2.75, 3.05) is 11.9 Å². The Morgan fingerprint density at radius 2 is 1.24 bits per heavy atom. The number of hydrogen-bond acceptors (Lipinski definition) is 1. The molecule has 1 nitrogen and oxygen atoms in total. The SMILES string of the molecule is CN1c2ccccc2C(Cl)(Cl)c2ccccc21. The third-order valence-electron chi connectivity index (χ3n) is 3.21. The Bertz CT molecular complexity index is 528. The van der Waals surface area contributed by atoms with Crippen molar-refractivity contribution in [3.63, 3.8) is 0 Å². The van der Waals surface area contributed by atoms with Gasteiger partial charge in [-0.15, -0.1) is 0 Å². The minimum absolute atomic E-state index is 0.935. The van der Waals surface area contributed by atoms with Crippen molar-refractivity contribution in [2.24, 2.45) is 0 Å². The van der Waals surface area contributed by atoms with Gasteiger partial charge in [0.2, 0.25) is 0 Å². The lowest BCUT2D eigenvalue weighted by Gasteiger charge is -2.37. The molecule has 0 saturated heterocycles. The molecule has 0 unspecified atom stereocenters. The largest absolute Gasteiger partial charge is 0.344 e. The fraction of sp³-hybridized carbons (Fsp3) is 0.143. The first kappa shape index (κ1) is 10.9. The maximum atomic E-state index is 6.54. The van der Waals surface area contributed by atoms with Crippen LogP contribution < -0.4 is 4.90 Å². The van der Waals surface area contributed by atoms with Crippen molar-refractivity contribution < 1.29 is 0 Å². The van der Waals surface area contributed by atoms with Crippen LogP contribution in [-0.2, 0) is 4.33 Å². The summed E-state index contributed by atoms with van der Waals surface area (Å²) in [5.41, 5.74) is 3.97. The maximum Gasteiger partial charge on any atom is 0.172 e. The van der Waals surface area contributed by atoms with Gasteiger partial charge in [0.1, 0.15) is 0 Å². The van der Waals surface area contributed by atoms with Gasteiger partial charge in [0.25, 0.3) is 0 Å². The highest BCUT2D eigenvalue weighted by Crippen LogP contribution is 2.52. The van der Waals surface area contributed by atoms with Crippen LogP contribution in [0.5, 0.6) is 0 Å². The van der Waals surface area contributed by atoms with Crippen LogP contribution in [0.25, 0.3) is 0 Å². The molecule has 0 saturated carbocycles. The van der Waals surface area contributed by atoms with E-state index in [0.717, 1.165) is 22.5 Å². The van der Waals surface area contributed by atoms with Crippen molar-refractivity contribution in [3.8, 4) is 0 Å². The molecule has 0 aromatic heterocycles. The molecule has 0 aliphatic carbocycles. The topological polar surface area (TPSA) is 3.24 Å². The van der Waals surface area contributed by atoms with Gasteiger partial charge in [0, 0.05) is 29.5 Å². The number of halogens is 2. The second kappa shape index (κ2) is 3.66. The molecule has 17 heavy (non-hydrogen) atoms. The van der Waals surface area contributed by atoms with Gasteiger partial charge in [0.15, 0.2) is 4.33 Å². The molecule has 0 radical (unpaired) electrons. The summed E-state index contributed by atoms with van der Waals surface area (Å²) < 4.78 is -0.973. The second-order valence-corrected chi connectivity index (χ2v) is 5.50. The van der Waals surface area contributed by atoms with E-state index in [1.807, 2.05) is 55.6 Å². The van der Waals surface area contributed by atoms with Gasteiger partial charge in [0.05, 0.1) is 0 Å². The van der Waals surface area contributed by atoms with Gasteiger partial charge in [-0.1, -0.05) is 59.6 Å². The van der Waals surface area contributed by atoms with E-state index in [1.54, 1.807) is 0 Å². The summed E-state index contributed by atoms with van der Waals surface area (Å²) in [6.07, 6.45) is 0. The summed E-state index contributed by atoms with van der Waals surface area (Å²) in [5.74, 6) is 0. The van der Waals surface area contributed by atoms with E-state index in [2.05, 4.69) is 4.90 Å². The van der Waals surface area contributed by atoms with Gasteiger partial charge in [-0.3, -0.25) is 0 Å². The quantitative estimate of drug-likeness (QED) is 0.635. The van der Waals surface area contributed by atoms with E-state index in [4.69, 9.17) is 23.2 Å². The molecular weight excluding hydrogens is 253 g/mol. The Morgan fingerprint density at radius 3 is 1.71 bits per heavy atom. The molecule has 2 aromatic rings. The monoisotopic (exact) mass is 263 g/mol. The molecule has 1 heterocycles. The number of anilines is 2. The summed E-state index contributed by atoms with van der Waals surface area (Å²) in [5, 5.41) is 0. The minimum Gasteiger partial charge on any atom is -0.344 e. The Labute approximate surface area is 111 Å². The van der Waals surface area contributed by atoms with Crippen LogP contribution in [0.15, 0.2) is 48.5 Å². The van der Waals surface area contributed by atoms with Crippen LogP contribution in [-0.4, -0.2) is 7.05 Å². The van der Waals surface area contributed by atoms with E-state index in [9.17, 15) is 0 Å². The zero-order chi connectivity index (χ0) is 12.0. The van der Waals surface area contributed by atoms with E-state index in [1.165, 1.54) is 0 Å². The van der Waals surface area contributed by atoms with Crippen LogP contribution in [0.4, 0.5) is 11.4 Å². The Hall–Kier alpha value is -1.18. The highest BCUT2D eigenvalue weighted by atomic mass is 35.5. The fourth-order valence-electron chi connectivity index (χ4n) is 2.34. The average molecular weight is 264 g/mol. The minimum atomic E-state index is -0.973. The molecular formula is C14H11Cl2N. The van der Waals surface area contributed by atoms with E-state index >= 15 is 0 Å². The van der Waals surface area contributed by atoms with Gasteiger partial charge < -0.3 is 4.90 Å². The van der Waals surface area contributed by atoms with E-state index in [-0.39, 0.29) is 0 Å². The molecule has 1 aliphatic rings. The summed E-state index contributed by atoms with van der Waals surface area (Å²) in [6, 6.07) is 15.9. The number of benzene rings is 2. The molecule has 1 aliphatic heterocycles. The lowest BCUT2D eigenvalue weighted by atomic mass is 9.95. The molecule has 0 spiro atoms. The summed E-state index contributed by atoms with van der Waals surface area (Å²) in [7, 11) is 2.03. The first-order valence-electron chi connectivity index (χ1n) is 5.43. The molecule has 3 heteroatoms. The lowest BCUT2D eigenvalue weighted by molar-refractivity contribution is 0.965. The highest BCUT2D eigenvalue weighted by molar-refractivity contribution is 6.51. The van der Waals surface area contributed by atoms with E-state index in [0.29, 0.717) is 0 Å². The van der Waals surface area contributed by atoms with Crippen molar-refractivity contribution in [2.45, 2.75) is 4.33 Å². The third kappa shape index (κ3) is 1.46. The van der Waals surface area contributed by atoms with E-state index < -0.39 is 4.33 Å². The normalized spacial score (nSPS) is 16.3. The van der Waals surface area contributed by atoms with Crippen LogP contribution in [0.1, 0.15) is 11.1 Å². The predicted molar refractivity (Wildman–Crippen MR) is 73.4 cm³/mol. The first-order valence-corrected chi connectivity index (χ1v) is 6.18. The van der Waals surface area contributed by atoms with Crippen molar-refractivity contribution in [3.05, 3.63) is 59.7 Å². The van der Waals surface area contributed by atoms with Gasteiger partial charge >= 0.3 is 0 Å². The number of hydrogen-bond donors (Lipinski definition) is 0. The molecule has 0 atom stereocenters. The Kier molecular flexibility index (Phi) is 2.35. The molecule has 0 bridgehead atoms. The molecule has 2 aromatic carbocycles. The van der Waals surface area contributed by atoms with Crippen LogP contribution in [0.3, 0.4) is 0 Å². The zero-order valence-electron chi connectivity index (χ0n) is 9.32. The molecule has 0 amide bonds. The smallest absolute Gasteiger partial charge is 0.172 e. The van der Waals surface area contributed by atoms with Gasteiger partial charge in [-0.25, -0.2) is 0 Å². The summed E-state index contributed by atoms with van der Waals surface area (Å²) in [6.45, 7) is 0. The molecule has 3 rings (SSSR count). The molecule has 86 valence electrons. The lowest BCUT2D eigenvalue weighted by Crippen LogP contribution is -2.27. The maximum absolute atomic E-state index is 6.54. The zero-order valence-corrected chi connectivity index (χ0v) is 10.8. The standard InChI is InChI=1S/C14H11Cl2N/c1-17-12-8-4-2-6-10(12)14(15,16)11-7-3-5-9-13(11)17/h2-9H,1H3. The van der Waals surface area contributed by atoms with Crippen LogP contribution >= 0.6 is 23.2 Å². The Morgan fingerprint density at radius 1 is 0.824 bits per heavy atom. The highest BCUT2D eigenvalue weighted by Gasteiger charge is 2.38. The number of rotatable bonds is 0. The van der Waals surface area contributed by atoms with Crippen molar-refractivity contribution >= 4 is 34.6 Å². The number of alkyl halides is 2. The molecule has 0 fully saturated rings. The van der Waals surface area contributed by atoms with Crippen LogP contribution in [0, 0.1) is 0 Å². The number of fused-ring (bicyclic) bond motifs is 2. The number of nitrogens with zero attached hydrogens (tertiary/aromatic N) is 1. The number of para-hydroxylation sites is 2. The second-order valence-electron chi connectivity index (χ2n) is 4.17. The molecule has 0 N–H and O–H groups in total. The van der Waals surface area contributed by atoms with Gasteiger partial charge in [-0.05, 0) is 12.1 Å². The van der Waals surface area contributed by atoms with Crippen molar-refractivity contribution in [1.82, 2.24) is 0 Å². The predicted octanol–water partition coefficient (Wildman–Crippen LogP) is 4.45. The Balaban J connectivity index is 2.34. The first-order chi connectivity index (χ1) is 8.12. The summed E-state index contributed by atoms with van der Waals surface area (Å²) >= 11 is 13.1. The fourth-order valence-corrected chi connectivity index (χ4v) is 2.98. The third-order valence-corrected chi connectivity index (χ3v) is 4.02.